The Labute approximate surface area is 137 Å². The smallest absolute Gasteiger partial charge is 0.133 e. The van der Waals surface area contributed by atoms with Crippen LogP contribution in [0, 0.1) is 11.8 Å². The van der Waals surface area contributed by atoms with Crippen LogP contribution in [0.2, 0.25) is 0 Å². The Kier molecular flexibility index (Phi) is 6.56. The first kappa shape index (κ1) is 16.8. The highest BCUT2D eigenvalue weighted by molar-refractivity contribution is 9.10. The maximum atomic E-state index is 5.31. The number of nitrogens with one attached hydrogen (secondary N) is 1. The maximum Gasteiger partial charge on any atom is 0.133 e. The summed E-state index contributed by atoms with van der Waals surface area (Å²) in [6, 6.07) is 7.02. The molecule has 2 nitrogen and oxygen atoms in total. The summed E-state index contributed by atoms with van der Waals surface area (Å²) in [5.41, 5.74) is 1.37. The molecule has 0 aliphatic heterocycles. The molecule has 1 unspecified atom stereocenters. The van der Waals surface area contributed by atoms with E-state index < -0.39 is 0 Å². The number of methoxy groups -OCH3 is 1. The molecule has 118 valence electrons. The second-order valence-corrected chi connectivity index (χ2v) is 7.11. The van der Waals surface area contributed by atoms with Gasteiger partial charge < -0.3 is 10.1 Å². The van der Waals surface area contributed by atoms with Gasteiger partial charge in [-0.3, -0.25) is 0 Å². The molecule has 1 fully saturated rings. The zero-order valence-corrected chi connectivity index (χ0v) is 15.1. The Bertz CT molecular complexity index is 441. The van der Waals surface area contributed by atoms with E-state index in [1.807, 2.05) is 0 Å². The molecule has 0 aromatic heterocycles. The number of rotatable bonds is 6. The molecular formula is C18H28BrNO. The Balaban J connectivity index is 1.97. The van der Waals surface area contributed by atoms with Crippen molar-refractivity contribution in [2.24, 2.45) is 11.8 Å². The first-order valence-electron chi connectivity index (χ1n) is 8.17. The van der Waals surface area contributed by atoms with Gasteiger partial charge in [0.1, 0.15) is 5.75 Å². The Morgan fingerprint density at radius 3 is 2.52 bits per heavy atom. The van der Waals surface area contributed by atoms with Crippen LogP contribution in [0.25, 0.3) is 0 Å². The molecule has 1 aromatic carbocycles. The fourth-order valence-electron chi connectivity index (χ4n) is 3.59. The number of halogens is 1. The quantitative estimate of drug-likeness (QED) is 0.792. The standard InChI is InChI=1S/C18H28BrNO/c1-4-13-5-8-15(9-6-13)17(20-2)12-14-7-10-18(21-3)16(19)11-14/h7,10-11,13,15,17,20H,4-6,8-9,12H2,1-3H3. The van der Waals surface area contributed by atoms with Crippen LogP contribution in [0.5, 0.6) is 5.75 Å². The molecule has 1 aliphatic carbocycles. The summed E-state index contributed by atoms with van der Waals surface area (Å²) in [5, 5.41) is 3.55. The Morgan fingerprint density at radius 1 is 1.29 bits per heavy atom. The van der Waals surface area contributed by atoms with Crippen molar-refractivity contribution >= 4 is 15.9 Å². The average molecular weight is 354 g/mol. The van der Waals surface area contributed by atoms with Crippen molar-refractivity contribution in [2.45, 2.75) is 51.5 Å². The molecule has 0 amide bonds. The molecular weight excluding hydrogens is 326 g/mol. The monoisotopic (exact) mass is 353 g/mol. The fraction of sp³-hybridized carbons (Fsp3) is 0.667. The second kappa shape index (κ2) is 8.19. The van der Waals surface area contributed by atoms with E-state index >= 15 is 0 Å². The van der Waals surface area contributed by atoms with Gasteiger partial charge in [0.2, 0.25) is 0 Å². The van der Waals surface area contributed by atoms with E-state index in [1.54, 1.807) is 7.11 Å². The van der Waals surface area contributed by atoms with E-state index in [0.717, 1.165) is 28.5 Å². The highest BCUT2D eigenvalue weighted by atomic mass is 79.9. The molecule has 21 heavy (non-hydrogen) atoms. The van der Waals surface area contributed by atoms with Gasteiger partial charge in [0.05, 0.1) is 11.6 Å². The Hall–Kier alpha value is -0.540. The molecule has 1 aromatic rings. The zero-order chi connectivity index (χ0) is 15.2. The fourth-order valence-corrected chi connectivity index (χ4v) is 4.18. The van der Waals surface area contributed by atoms with Gasteiger partial charge in [0.25, 0.3) is 0 Å². The molecule has 0 heterocycles. The minimum atomic E-state index is 0.586. The summed E-state index contributed by atoms with van der Waals surface area (Å²) in [5.74, 6) is 2.69. The third kappa shape index (κ3) is 4.46. The maximum absolute atomic E-state index is 5.31. The second-order valence-electron chi connectivity index (χ2n) is 6.26. The first-order chi connectivity index (χ1) is 10.2. The zero-order valence-electron chi connectivity index (χ0n) is 13.5. The van der Waals surface area contributed by atoms with E-state index in [9.17, 15) is 0 Å². The van der Waals surface area contributed by atoms with Gasteiger partial charge in [-0.15, -0.1) is 0 Å². The number of hydrogen-bond acceptors (Lipinski definition) is 2. The molecule has 0 saturated heterocycles. The van der Waals surface area contributed by atoms with E-state index in [2.05, 4.69) is 53.4 Å². The van der Waals surface area contributed by atoms with Gasteiger partial charge in [0, 0.05) is 6.04 Å². The van der Waals surface area contributed by atoms with E-state index in [4.69, 9.17) is 4.74 Å². The normalized spacial score (nSPS) is 23.8. The number of benzene rings is 1. The third-order valence-corrected chi connectivity index (χ3v) is 5.70. The van der Waals surface area contributed by atoms with Crippen LogP contribution in [0.4, 0.5) is 0 Å². The van der Waals surface area contributed by atoms with Gasteiger partial charge in [-0.05, 0) is 71.8 Å². The number of ether oxygens (including phenoxy) is 1. The summed E-state index contributed by atoms with van der Waals surface area (Å²) in [6.45, 7) is 2.33. The molecule has 3 heteroatoms. The van der Waals surface area contributed by atoms with Crippen molar-refractivity contribution in [3.05, 3.63) is 28.2 Å². The first-order valence-corrected chi connectivity index (χ1v) is 8.96. The number of hydrogen-bond donors (Lipinski definition) is 1. The lowest BCUT2D eigenvalue weighted by Crippen LogP contribution is -2.37. The topological polar surface area (TPSA) is 21.3 Å². The lowest BCUT2D eigenvalue weighted by Gasteiger charge is -2.33. The van der Waals surface area contributed by atoms with Crippen LogP contribution in [-0.2, 0) is 6.42 Å². The van der Waals surface area contributed by atoms with Crippen molar-refractivity contribution in [3.8, 4) is 5.75 Å². The van der Waals surface area contributed by atoms with Crippen LogP contribution >= 0.6 is 15.9 Å². The summed E-state index contributed by atoms with van der Waals surface area (Å²) in [6.07, 6.45) is 8.02. The predicted octanol–water partition coefficient (Wildman–Crippen LogP) is 4.80. The number of likely N-dealkylation sites (N-methyl/N-ethyl adjacent to an activating group) is 1. The van der Waals surface area contributed by atoms with Crippen molar-refractivity contribution < 1.29 is 4.74 Å². The van der Waals surface area contributed by atoms with Crippen molar-refractivity contribution in [1.82, 2.24) is 5.32 Å². The largest absolute Gasteiger partial charge is 0.496 e. The summed E-state index contributed by atoms with van der Waals surface area (Å²) in [4.78, 5) is 0. The molecule has 1 atom stereocenters. The van der Waals surface area contributed by atoms with E-state index in [1.165, 1.54) is 37.7 Å². The minimum Gasteiger partial charge on any atom is -0.496 e. The van der Waals surface area contributed by atoms with Gasteiger partial charge in [0.15, 0.2) is 0 Å². The minimum absolute atomic E-state index is 0.586. The van der Waals surface area contributed by atoms with Gasteiger partial charge in [-0.1, -0.05) is 32.3 Å². The summed E-state index contributed by atoms with van der Waals surface area (Å²) >= 11 is 3.59. The third-order valence-electron chi connectivity index (χ3n) is 5.08. The van der Waals surface area contributed by atoms with Crippen molar-refractivity contribution in [2.75, 3.05) is 14.2 Å². The van der Waals surface area contributed by atoms with Gasteiger partial charge >= 0.3 is 0 Å². The molecule has 1 N–H and O–H groups in total. The molecule has 0 bridgehead atoms. The van der Waals surface area contributed by atoms with Gasteiger partial charge in [-0.25, -0.2) is 0 Å². The molecule has 0 spiro atoms. The average Bonchev–Trinajstić information content (AvgIpc) is 2.53. The van der Waals surface area contributed by atoms with Crippen molar-refractivity contribution in [1.29, 1.82) is 0 Å². The van der Waals surface area contributed by atoms with Gasteiger partial charge in [-0.2, -0.15) is 0 Å². The molecule has 1 saturated carbocycles. The SMILES string of the molecule is CCC1CCC(C(Cc2ccc(OC)c(Br)c2)NC)CC1. The van der Waals surface area contributed by atoms with Crippen LogP contribution in [-0.4, -0.2) is 20.2 Å². The molecule has 2 rings (SSSR count). The van der Waals surface area contributed by atoms with Crippen LogP contribution in [0.3, 0.4) is 0 Å². The highest BCUT2D eigenvalue weighted by Crippen LogP contribution is 2.34. The van der Waals surface area contributed by atoms with Crippen LogP contribution < -0.4 is 10.1 Å². The predicted molar refractivity (Wildman–Crippen MR) is 93.0 cm³/mol. The highest BCUT2D eigenvalue weighted by Gasteiger charge is 2.26. The Morgan fingerprint density at radius 2 is 2.00 bits per heavy atom. The summed E-state index contributed by atoms with van der Waals surface area (Å²) in [7, 11) is 3.82. The van der Waals surface area contributed by atoms with E-state index in [-0.39, 0.29) is 0 Å². The summed E-state index contributed by atoms with van der Waals surface area (Å²) < 4.78 is 6.36. The van der Waals surface area contributed by atoms with Crippen LogP contribution in [0.1, 0.15) is 44.6 Å². The van der Waals surface area contributed by atoms with E-state index in [0.29, 0.717) is 6.04 Å². The molecule has 1 aliphatic rings. The lowest BCUT2D eigenvalue weighted by molar-refractivity contribution is 0.222. The van der Waals surface area contributed by atoms with Crippen molar-refractivity contribution in [3.63, 3.8) is 0 Å². The van der Waals surface area contributed by atoms with Crippen LogP contribution in [0.15, 0.2) is 22.7 Å². The molecule has 0 radical (unpaired) electrons. The lowest BCUT2D eigenvalue weighted by atomic mass is 9.76.